The minimum absolute atomic E-state index is 0.301. The Morgan fingerprint density at radius 2 is 1.22 bits per heavy atom. The van der Waals surface area contributed by atoms with Crippen molar-refractivity contribution in [3.8, 4) is 0 Å². The molecule has 0 spiro atoms. The standard InChI is InChI=1S/C16H36P.C11H13NO3/c1-5-9-13-17(14-10-6-2,15-11-7-3)16-12-8-4;1-8(13)12-10(11(14)15)7-9-5-3-2-4-6-9/h5-16H2,1-4H3;2-6,10H,7H2,1H3,(H,12,13)(H,14,15)/q+1;. The van der Waals surface area contributed by atoms with Crippen LogP contribution in [0.4, 0.5) is 0 Å². The third-order valence-electron chi connectivity index (χ3n) is 5.90. The van der Waals surface area contributed by atoms with Crippen molar-refractivity contribution in [1.82, 2.24) is 5.32 Å². The number of hydrogen-bond acceptors (Lipinski definition) is 2. The van der Waals surface area contributed by atoms with Crippen molar-refractivity contribution >= 4 is 19.1 Å². The molecule has 0 aliphatic rings. The van der Waals surface area contributed by atoms with Crippen LogP contribution in [-0.4, -0.2) is 47.7 Å². The minimum Gasteiger partial charge on any atom is -0.480 e. The summed E-state index contributed by atoms with van der Waals surface area (Å²) in [4.78, 5) is 21.6. The Morgan fingerprint density at radius 3 is 1.53 bits per heavy atom. The summed E-state index contributed by atoms with van der Waals surface area (Å²) in [6, 6.07) is 8.34. The molecule has 2 N–H and O–H groups in total. The van der Waals surface area contributed by atoms with Crippen molar-refractivity contribution < 1.29 is 14.7 Å². The highest BCUT2D eigenvalue weighted by atomic mass is 31.2. The molecule has 0 aliphatic carbocycles. The van der Waals surface area contributed by atoms with E-state index in [4.69, 9.17) is 5.11 Å². The number of aliphatic carboxylic acids is 1. The van der Waals surface area contributed by atoms with Gasteiger partial charge in [-0.25, -0.2) is 4.79 Å². The molecule has 32 heavy (non-hydrogen) atoms. The first-order chi connectivity index (χ1) is 15.3. The maximum Gasteiger partial charge on any atom is 0.326 e. The van der Waals surface area contributed by atoms with Gasteiger partial charge in [0.25, 0.3) is 0 Å². The van der Waals surface area contributed by atoms with E-state index in [1.807, 2.05) is 30.3 Å². The fraction of sp³-hybridized carbons (Fsp3) is 0.704. The number of hydrogen-bond donors (Lipinski definition) is 2. The third kappa shape index (κ3) is 14.6. The van der Waals surface area contributed by atoms with Gasteiger partial charge in [0.2, 0.25) is 5.91 Å². The zero-order valence-electron chi connectivity index (χ0n) is 21.4. The summed E-state index contributed by atoms with van der Waals surface area (Å²) in [5, 5.41) is 11.3. The average molecular weight is 467 g/mol. The zero-order chi connectivity index (χ0) is 24.2. The zero-order valence-corrected chi connectivity index (χ0v) is 22.3. The summed E-state index contributed by atoms with van der Waals surface area (Å²) < 4.78 is 0. The van der Waals surface area contributed by atoms with Crippen LogP contribution in [0.2, 0.25) is 0 Å². The van der Waals surface area contributed by atoms with E-state index < -0.39 is 19.3 Å². The summed E-state index contributed by atoms with van der Waals surface area (Å²) in [6.07, 6.45) is 18.2. The lowest BCUT2D eigenvalue weighted by Crippen LogP contribution is -2.41. The highest BCUT2D eigenvalue weighted by Crippen LogP contribution is 2.61. The van der Waals surface area contributed by atoms with E-state index >= 15 is 0 Å². The number of rotatable bonds is 16. The highest BCUT2D eigenvalue weighted by molar-refractivity contribution is 7.75. The molecule has 0 heterocycles. The minimum atomic E-state index is -1.02. The topological polar surface area (TPSA) is 66.4 Å². The van der Waals surface area contributed by atoms with Gasteiger partial charge in [-0.05, 0) is 31.2 Å². The largest absolute Gasteiger partial charge is 0.480 e. The lowest BCUT2D eigenvalue weighted by molar-refractivity contribution is -0.141. The lowest BCUT2D eigenvalue weighted by atomic mass is 10.1. The molecule has 1 atom stereocenters. The first-order valence-corrected chi connectivity index (χ1v) is 15.3. The number of unbranched alkanes of at least 4 members (excludes halogenated alkanes) is 4. The molecule has 1 unspecified atom stereocenters. The van der Waals surface area contributed by atoms with Gasteiger partial charge in [-0.3, -0.25) is 4.79 Å². The number of benzene rings is 1. The molecular formula is C27H49NO3P+. The summed E-state index contributed by atoms with van der Waals surface area (Å²) in [7, 11) is -0.562. The molecule has 0 radical (unpaired) electrons. The van der Waals surface area contributed by atoms with E-state index in [1.165, 1.54) is 58.3 Å². The molecule has 0 saturated carbocycles. The van der Waals surface area contributed by atoms with Crippen LogP contribution in [0, 0.1) is 0 Å². The molecule has 1 aromatic carbocycles. The van der Waals surface area contributed by atoms with Crippen LogP contribution in [-0.2, 0) is 16.0 Å². The van der Waals surface area contributed by atoms with Gasteiger partial charge in [0.05, 0.1) is 24.6 Å². The summed E-state index contributed by atoms with van der Waals surface area (Å²) >= 11 is 0. The molecular weight excluding hydrogens is 417 g/mol. The number of carboxylic acids is 1. The van der Waals surface area contributed by atoms with E-state index in [2.05, 4.69) is 33.0 Å². The van der Waals surface area contributed by atoms with Crippen LogP contribution in [0.5, 0.6) is 0 Å². The molecule has 4 nitrogen and oxygen atoms in total. The molecule has 0 aliphatic heterocycles. The third-order valence-corrected chi connectivity index (χ3v) is 11.0. The van der Waals surface area contributed by atoms with Gasteiger partial charge >= 0.3 is 5.97 Å². The van der Waals surface area contributed by atoms with Crippen LogP contribution in [0.1, 0.15) is 91.5 Å². The van der Waals surface area contributed by atoms with Gasteiger partial charge in [0.1, 0.15) is 6.04 Å². The van der Waals surface area contributed by atoms with E-state index in [1.54, 1.807) is 24.6 Å². The molecule has 0 aromatic heterocycles. The Morgan fingerprint density at radius 1 is 0.812 bits per heavy atom. The summed E-state index contributed by atoms with van der Waals surface area (Å²) in [6.45, 7) is 10.7. The Balaban J connectivity index is 0.000000604. The van der Waals surface area contributed by atoms with Crippen LogP contribution in [0.25, 0.3) is 0 Å². The molecule has 1 amide bonds. The second-order valence-corrected chi connectivity index (χ2v) is 13.4. The molecule has 1 aromatic rings. The highest BCUT2D eigenvalue weighted by Gasteiger charge is 2.34. The summed E-state index contributed by atoms with van der Waals surface area (Å²) in [5.41, 5.74) is 0.888. The number of amides is 1. The Kier molecular flexibility index (Phi) is 18.3. The molecule has 5 heteroatoms. The van der Waals surface area contributed by atoms with Gasteiger partial charge in [0, 0.05) is 20.6 Å². The number of nitrogens with one attached hydrogen (secondary N) is 1. The van der Waals surface area contributed by atoms with Crippen LogP contribution in [0.3, 0.4) is 0 Å². The number of carbonyl (C=O) groups is 2. The molecule has 1 rings (SSSR count). The SMILES string of the molecule is CC(=O)NC(Cc1ccccc1)C(=O)O.CCCC[P+](CCCC)(CCCC)CCCC. The lowest BCUT2D eigenvalue weighted by Gasteiger charge is -2.28. The van der Waals surface area contributed by atoms with Gasteiger partial charge < -0.3 is 10.4 Å². The smallest absolute Gasteiger partial charge is 0.326 e. The fourth-order valence-electron chi connectivity index (χ4n) is 3.94. The monoisotopic (exact) mass is 466 g/mol. The maximum absolute atomic E-state index is 10.8. The van der Waals surface area contributed by atoms with Crippen molar-refractivity contribution in [2.75, 3.05) is 24.6 Å². The molecule has 0 saturated heterocycles. The predicted molar refractivity (Wildman–Crippen MR) is 141 cm³/mol. The van der Waals surface area contributed by atoms with E-state index in [9.17, 15) is 9.59 Å². The van der Waals surface area contributed by atoms with Crippen LogP contribution in [0.15, 0.2) is 30.3 Å². The number of carboxylic acid groups (broad SMARTS) is 1. The molecule has 0 bridgehead atoms. The van der Waals surface area contributed by atoms with Crippen molar-refractivity contribution in [2.45, 2.75) is 98.4 Å². The van der Waals surface area contributed by atoms with Crippen LogP contribution >= 0.6 is 7.26 Å². The van der Waals surface area contributed by atoms with E-state index in [-0.39, 0.29) is 5.91 Å². The second-order valence-electron chi connectivity index (χ2n) is 8.93. The first kappa shape index (κ1) is 30.6. The number of carbonyl (C=O) groups excluding carboxylic acids is 1. The first-order valence-electron chi connectivity index (χ1n) is 12.7. The van der Waals surface area contributed by atoms with Crippen molar-refractivity contribution in [3.63, 3.8) is 0 Å². The summed E-state index contributed by atoms with van der Waals surface area (Å²) in [5.74, 6) is -1.35. The van der Waals surface area contributed by atoms with Crippen molar-refractivity contribution in [2.24, 2.45) is 0 Å². The van der Waals surface area contributed by atoms with Crippen LogP contribution < -0.4 is 5.32 Å². The fourth-order valence-corrected chi connectivity index (χ4v) is 9.23. The molecule has 0 fully saturated rings. The van der Waals surface area contributed by atoms with Crippen molar-refractivity contribution in [1.29, 1.82) is 0 Å². The van der Waals surface area contributed by atoms with E-state index in [0.29, 0.717) is 6.42 Å². The molecule has 184 valence electrons. The second kappa shape index (κ2) is 19.1. The Bertz CT molecular complexity index is 569. The predicted octanol–water partition coefficient (Wildman–Crippen LogP) is 7.02. The van der Waals surface area contributed by atoms with Gasteiger partial charge in [0.15, 0.2) is 0 Å². The van der Waals surface area contributed by atoms with E-state index in [0.717, 1.165) is 5.56 Å². The quantitative estimate of drug-likeness (QED) is 0.257. The van der Waals surface area contributed by atoms with Gasteiger partial charge in [-0.2, -0.15) is 0 Å². The maximum atomic E-state index is 10.8. The van der Waals surface area contributed by atoms with Gasteiger partial charge in [-0.15, -0.1) is 0 Å². The Labute approximate surface area is 198 Å². The van der Waals surface area contributed by atoms with Gasteiger partial charge in [-0.1, -0.05) is 83.7 Å². The van der Waals surface area contributed by atoms with Crippen molar-refractivity contribution in [3.05, 3.63) is 35.9 Å². The normalized spacial score (nSPS) is 11.9. The Hall–Kier alpha value is -1.41. The average Bonchev–Trinajstić information content (AvgIpc) is 2.78.